The average molecular weight is 298 g/mol. The first-order valence-electron chi connectivity index (χ1n) is 5.68. The third kappa shape index (κ3) is 2.14. The van der Waals surface area contributed by atoms with Gasteiger partial charge in [-0.2, -0.15) is 13.2 Å². The second kappa shape index (κ2) is 4.52. The molecule has 1 aromatic carbocycles. The summed E-state index contributed by atoms with van der Waals surface area (Å²) in [6.07, 6.45) is -4.36. The van der Waals surface area contributed by atoms with E-state index in [-0.39, 0.29) is 0 Å². The first-order chi connectivity index (χ1) is 9.49. The number of imidazole rings is 1. The molecule has 0 bridgehead atoms. The van der Waals surface area contributed by atoms with Gasteiger partial charge in [-0.15, -0.1) is 11.3 Å². The quantitative estimate of drug-likeness (QED) is 0.765. The normalized spacial score (nSPS) is 12.0. The molecule has 0 saturated carbocycles. The molecule has 0 fully saturated rings. The lowest BCUT2D eigenvalue weighted by atomic mass is 10.2. The van der Waals surface area contributed by atoms with Crippen LogP contribution in [0.5, 0.6) is 5.75 Å². The Morgan fingerprint density at radius 1 is 1.25 bits per heavy atom. The Labute approximate surface area is 116 Å². The van der Waals surface area contributed by atoms with Crippen LogP contribution in [-0.2, 0) is 6.18 Å². The van der Waals surface area contributed by atoms with Crippen LogP contribution in [0.4, 0.5) is 13.2 Å². The van der Waals surface area contributed by atoms with Crippen molar-refractivity contribution in [2.75, 3.05) is 7.11 Å². The van der Waals surface area contributed by atoms with Crippen LogP contribution >= 0.6 is 11.3 Å². The number of nitrogens with zero attached hydrogens (tertiary/aromatic N) is 1. The lowest BCUT2D eigenvalue weighted by molar-refractivity contribution is -0.137. The number of methoxy groups -OCH3 is 1. The number of benzene rings is 1. The standard InChI is InChI=1S/C13H9F3N2OS/c1-19-10-4-5-20-11(10)12-17-8-3-2-7(13(14,15)16)6-9(8)18-12/h2-6H,1H3,(H,17,18). The number of aromatic amines is 1. The van der Waals surface area contributed by atoms with Crippen molar-refractivity contribution in [1.29, 1.82) is 0 Å². The molecular weight excluding hydrogens is 289 g/mol. The minimum absolute atomic E-state index is 0.352. The molecule has 104 valence electrons. The van der Waals surface area contributed by atoms with Crippen LogP contribution < -0.4 is 4.74 Å². The summed E-state index contributed by atoms with van der Waals surface area (Å²) < 4.78 is 43.2. The highest BCUT2D eigenvalue weighted by molar-refractivity contribution is 7.13. The fraction of sp³-hybridized carbons (Fsp3) is 0.154. The Morgan fingerprint density at radius 3 is 2.75 bits per heavy atom. The van der Waals surface area contributed by atoms with E-state index in [0.717, 1.165) is 17.0 Å². The van der Waals surface area contributed by atoms with Crippen LogP contribution in [0, 0.1) is 0 Å². The molecule has 2 heterocycles. The van der Waals surface area contributed by atoms with Gasteiger partial charge in [-0.05, 0) is 29.6 Å². The lowest BCUT2D eigenvalue weighted by Crippen LogP contribution is -2.04. The molecule has 0 atom stereocenters. The zero-order valence-corrected chi connectivity index (χ0v) is 11.1. The van der Waals surface area contributed by atoms with E-state index in [4.69, 9.17) is 4.74 Å². The summed E-state index contributed by atoms with van der Waals surface area (Å²) in [5.74, 6) is 1.15. The van der Waals surface area contributed by atoms with Crippen molar-refractivity contribution < 1.29 is 17.9 Å². The van der Waals surface area contributed by atoms with Crippen LogP contribution in [0.1, 0.15) is 5.56 Å². The van der Waals surface area contributed by atoms with E-state index in [1.807, 2.05) is 5.38 Å². The van der Waals surface area contributed by atoms with Crippen molar-refractivity contribution in [3.63, 3.8) is 0 Å². The Hall–Kier alpha value is -2.02. The van der Waals surface area contributed by atoms with E-state index in [1.54, 1.807) is 6.07 Å². The van der Waals surface area contributed by atoms with Crippen LogP contribution in [0.2, 0.25) is 0 Å². The Kier molecular flexibility index (Phi) is 2.93. The van der Waals surface area contributed by atoms with Crippen LogP contribution in [-0.4, -0.2) is 17.1 Å². The molecule has 2 aromatic heterocycles. The molecule has 0 saturated heterocycles. The summed E-state index contributed by atoms with van der Waals surface area (Å²) in [7, 11) is 1.54. The highest BCUT2D eigenvalue weighted by atomic mass is 32.1. The van der Waals surface area contributed by atoms with E-state index < -0.39 is 11.7 Å². The Balaban J connectivity index is 2.12. The predicted molar refractivity (Wildman–Crippen MR) is 71.0 cm³/mol. The summed E-state index contributed by atoms with van der Waals surface area (Å²) in [6, 6.07) is 5.23. The van der Waals surface area contributed by atoms with E-state index in [0.29, 0.717) is 22.6 Å². The van der Waals surface area contributed by atoms with Crippen molar-refractivity contribution in [3.8, 4) is 16.5 Å². The van der Waals surface area contributed by atoms with Gasteiger partial charge in [-0.25, -0.2) is 4.98 Å². The molecule has 0 amide bonds. The van der Waals surface area contributed by atoms with Crippen molar-refractivity contribution in [3.05, 3.63) is 35.2 Å². The molecule has 0 unspecified atom stereocenters. The topological polar surface area (TPSA) is 37.9 Å². The third-order valence-corrected chi connectivity index (χ3v) is 3.78. The smallest absolute Gasteiger partial charge is 0.416 e. The lowest BCUT2D eigenvalue weighted by Gasteiger charge is -2.05. The highest BCUT2D eigenvalue weighted by Gasteiger charge is 2.30. The maximum atomic E-state index is 12.7. The number of alkyl halides is 3. The molecule has 3 nitrogen and oxygen atoms in total. The van der Waals surface area contributed by atoms with Gasteiger partial charge in [-0.1, -0.05) is 0 Å². The molecule has 0 spiro atoms. The molecule has 0 aliphatic rings. The van der Waals surface area contributed by atoms with Crippen LogP contribution in [0.3, 0.4) is 0 Å². The van der Waals surface area contributed by atoms with Crippen molar-refractivity contribution in [1.82, 2.24) is 9.97 Å². The summed E-state index contributed by atoms with van der Waals surface area (Å²) in [5, 5.41) is 1.84. The van der Waals surface area contributed by atoms with Crippen molar-refractivity contribution in [2.24, 2.45) is 0 Å². The van der Waals surface area contributed by atoms with Gasteiger partial charge >= 0.3 is 6.18 Å². The number of fused-ring (bicyclic) bond motifs is 1. The van der Waals surface area contributed by atoms with E-state index in [9.17, 15) is 13.2 Å². The minimum atomic E-state index is -4.36. The van der Waals surface area contributed by atoms with Gasteiger partial charge in [0, 0.05) is 0 Å². The summed E-state index contributed by atoms with van der Waals surface area (Å²) in [6.45, 7) is 0. The van der Waals surface area contributed by atoms with Gasteiger partial charge < -0.3 is 9.72 Å². The maximum Gasteiger partial charge on any atom is 0.416 e. The number of hydrogen-bond acceptors (Lipinski definition) is 3. The zero-order valence-electron chi connectivity index (χ0n) is 10.3. The zero-order chi connectivity index (χ0) is 14.3. The number of rotatable bonds is 2. The first kappa shape index (κ1) is 13.0. The van der Waals surface area contributed by atoms with Gasteiger partial charge in [0.15, 0.2) is 5.82 Å². The van der Waals surface area contributed by atoms with E-state index >= 15 is 0 Å². The van der Waals surface area contributed by atoms with Gasteiger partial charge in [0.05, 0.1) is 23.7 Å². The largest absolute Gasteiger partial charge is 0.495 e. The Bertz CT molecular complexity index is 760. The number of aromatic nitrogens is 2. The summed E-state index contributed by atoms with van der Waals surface area (Å²) in [4.78, 5) is 7.96. The summed E-state index contributed by atoms with van der Waals surface area (Å²) >= 11 is 1.41. The molecule has 3 aromatic rings. The monoisotopic (exact) mass is 298 g/mol. The fourth-order valence-corrected chi connectivity index (χ4v) is 2.73. The molecule has 20 heavy (non-hydrogen) atoms. The molecule has 7 heteroatoms. The molecular formula is C13H9F3N2OS. The third-order valence-electron chi connectivity index (χ3n) is 2.87. The summed E-state index contributed by atoms with van der Waals surface area (Å²) in [5.41, 5.74) is 0.145. The Morgan fingerprint density at radius 2 is 2.05 bits per heavy atom. The second-order valence-electron chi connectivity index (χ2n) is 4.13. The van der Waals surface area contributed by atoms with Gasteiger partial charge in [-0.3, -0.25) is 0 Å². The number of thiophene rings is 1. The van der Waals surface area contributed by atoms with Crippen molar-refractivity contribution >= 4 is 22.4 Å². The molecule has 3 rings (SSSR count). The van der Waals surface area contributed by atoms with Gasteiger partial charge in [0.1, 0.15) is 10.6 Å². The highest BCUT2D eigenvalue weighted by Crippen LogP contribution is 2.36. The minimum Gasteiger partial charge on any atom is -0.495 e. The second-order valence-corrected chi connectivity index (χ2v) is 5.05. The predicted octanol–water partition coefficient (Wildman–Crippen LogP) is 4.32. The number of nitrogens with one attached hydrogen (secondary N) is 1. The molecule has 0 aliphatic carbocycles. The SMILES string of the molecule is COc1ccsc1-c1nc2ccc(C(F)(F)F)cc2[nH]1. The number of H-pyrrole nitrogens is 1. The first-order valence-corrected chi connectivity index (χ1v) is 6.56. The van der Waals surface area contributed by atoms with Crippen LogP contribution in [0.15, 0.2) is 29.6 Å². The van der Waals surface area contributed by atoms with Crippen molar-refractivity contribution in [2.45, 2.75) is 6.18 Å². The fourth-order valence-electron chi connectivity index (χ4n) is 1.92. The van der Waals surface area contributed by atoms with E-state index in [2.05, 4.69) is 9.97 Å². The average Bonchev–Trinajstić information content (AvgIpc) is 3.02. The maximum absolute atomic E-state index is 12.7. The number of halogens is 3. The van der Waals surface area contributed by atoms with E-state index in [1.165, 1.54) is 24.5 Å². The molecule has 0 aliphatic heterocycles. The number of ether oxygens (including phenoxy) is 1. The molecule has 0 radical (unpaired) electrons. The van der Waals surface area contributed by atoms with Gasteiger partial charge in [0.25, 0.3) is 0 Å². The van der Waals surface area contributed by atoms with Crippen LogP contribution in [0.25, 0.3) is 21.7 Å². The number of hydrogen-bond donors (Lipinski definition) is 1. The van der Waals surface area contributed by atoms with Gasteiger partial charge in [0.2, 0.25) is 0 Å². The molecule has 1 N–H and O–H groups in total.